The minimum Gasteiger partial charge on any atom is -0.295 e. The third-order valence-corrected chi connectivity index (χ3v) is 3.55. The third kappa shape index (κ3) is 2.50. The van der Waals surface area contributed by atoms with Gasteiger partial charge in [-0.1, -0.05) is 43.5 Å². The van der Waals surface area contributed by atoms with Crippen molar-refractivity contribution in [3.05, 3.63) is 60.3 Å². The van der Waals surface area contributed by atoms with Crippen LogP contribution in [0.2, 0.25) is 0 Å². The minimum atomic E-state index is 0.366. The Hall–Kier alpha value is -1.34. The summed E-state index contributed by atoms with van der Waals surface area (Å²) in [5.41, 5.74) is 3.99. The molecular formula is C16H21N. The molecule has 0 aromatic rings. The van der Waals surface area contributed by atoms with Gasteiger partial charge in [-0.2, -0.15) is 0 Å². The average Bonchev–Trinajstić information content (AvgIpc) is 2.35. The first-order valence-electron chi connectivity index (χ1n) is 6.31. The van der Waals surface area contributed by atoms with Crippen molar-refractivity contribution < 1.29 is 0 Å². The first-order valence-corrected chi connectivity index (χ1v) is 6.31. The topological polar surface area (TPSA) is 3.24 Å². The Morgan fingerprint density at radius 3 is 2.88 bits per heavy atom. The van der Waals surface area contributed by atoms with Crippen LogP contribution in [0.25, 0.3) is 0 Å². The highest BCUT2D eigenvalue weighted by Crippen LogP contribution is 2.32. The van der Waals surface area contributed by atoms with Crippen LogP contribution in [0.15, 0.2) is 60.3 Å². The summed E-state index contributed by atoms with van der Waals surface area (Å²) in [6, 6.07) is 0.366. The zero-order valence-electron chi connectivity index (χ0n) is 10.7. The molecule has 1 saturated heterocycles. The third-order valence-electron chi connectivity index (χ3n) is 3.55. The molecule has 1 aliphatic carbocycles. The summed E-state index contributed by atoms with van der Waals surface area (Å²) in [6.45, 7) is 9.11. The maximum absolute atomic E-state index is 4.20. The largest absolute Gasteiger partial charge is 0.295 e. The van der Waals surface area contributed by atoms with E-state index in [0.717, 1.165) is 19.4 Å². The zero-order valence-corrected chi connectivity index (χ0v) is 10.7. The molecule has 0 aromatic heterocycles. The number of hydrogen-bond acceptors (Lipinski definition) is 1. The van der Waals surface area contributed by atoms with Gasteiger partial charge in [-0.05, 0) is 43.0 Å². The Bertz CT molecular complexity index is 409. The zero-order chi connectivity index (χ0) is 12.3. The first kappa shape index (κ1) is 12.1. The van der Waals surface area contributed by atoms with Gasteiger partial charge in [0, 0.05) is 6.54 Å². The number of likely N-dealkylation sites (N-methyl/N-ethyl adjacent to an activating group) is 1. The number of piperidine rings is 1. The molecule has 0 bridgehead atoms. The van der Waals surface area contributed by atoms with Crippen molar-refractivity contribution in [2.24, 2.45) is 0 Å². The molecule has 2 rings (SSSR count). The van der Waals surface area contributed by atoms with Crippen molar-refractivity contribution in [3.8, 4) is 0 Å². The highest BCUT2D eigenvalue weighted by molar-refractivity contribution is 5.47. The Kier molecular flexibility index (Phi) is 3.80. The summed E-state index contributed by atoms with van der Waals surface area (Å²) in [5, 5.41) is 0. The molecule has 0 N–H and O–H groups in total. The lowest BCUT2D eigenvalue weighted by molar-refractivity contribution is 0.287. The second-order valence-corrected chi connectivity index (χ2v) is 4.78. The highest BCUT2D eigenvalue weighted by atomic mass is 15.1. The lowest BCUT2D eigenvalue weighted by atomic mass is 9.85. The van der Waals surface area contributed by atoms with Crippen molar-refractivity contribution in [3.63, 3.8) is 0 Å². The van der Waals surface area contributed by atoms with Crippen LogP contribution in [0.4, 0.5) is 0 Å². The Morgan fingerprint density at radius 1 is 1.41 bits per heavy atom. The quantitative estimate of drug-likeness (QED) is 0.696. The molecule has 17 heavy (non-hydrogen) atoms. The smallest absolute Gasteiger partial charge is 0.0598 e. The van der Waals surface area contributed by atoms with Crippen molar-refractivity contribution in [1.29, 1.82) is 0 Å². The Balaban J connectivity index is 2.35. The molecule has 0 spiro atoms. The fourth-order valence-corrected chi connectivity index (χ4v) is 2.62. The van der Waals surface area contributed by atoms with Crippen LogP contribution in [0.5, 0.6) is 0 Å². The van der Waals surface area contributed by atoms with E-state index in [1.807, 2.05) is 6.08 Å². The Morgan fingerprint density at radius 2 is 2.24 bits per heavy atom. The van der Waals surface area contributed by atoms with Crippen LogP contribution in [-0.4, -0.2) is 24.5 Å². The van der Waals surface area contributed by atoms with Gasteiger partial charge in [0.25, 0.3) is 0 Å². The van der Waals surface area contributed by atoms with Crippen LogP contribution in [0.3, 0.4) is 0 Å². The summed E-state index contributed by atoms with van der Waals surface area (Å²) >= 11 is 0. The minimum absolute atomic E-state index is 0.366. The number of likely N-dealkylation sites (tertiary alicyclic amines) is 1. The van der Waals surface area contributed by atoms with E-state index in [4.69, 9.17) is 0 Å². The molecule has 1 nitrogen and oxygen atoms in total. The van der Waals surface area contributed by atoms with Gasteiger partial charge in [0.05, 0.1) is 6.04 Å². The number of allylic oxidation sites excluding steroid dienone is 4. The van der Waals surface area contributed by atoms with E-state index >= 15 is 0 Å². The van der Waals surface area contributed by atoms with E-state index in [1.165, 1.54) is 23.1 Å². The summed E-state index contributed by atoms with van der Waals surface area (Å²) in [4.78, 5) is 2.41. The van der Waals surface area contributed by atoms with Crippen molar-refractivity contribution >= 4 is 0 Å². The average molecular weight is 227 g/mol. The fourth-order valence-electron chi connectivity index (χ4n) is 2.62. The molecule has 1 unspecified atom stereocenters. The van der Waals surface area contributed by atoms with E-state index in [1.54, 1.807) is 0 Å². The van der Waals surface area contributed by atoms with Gasteiger partial charge >= 0.3 is 0 Å². The molecule has 0 amide bonds. The lowest BCUT2D eigenvalue weighted by Gasteiger charge is -2.37. The molecule has 1 heterocycles. The molecule has 0 radical (unpaired) electrons. The summed E-state index contributed by atoms with van der Waals surface area (Å²) in [6.07, 6.45) is 14.3. The highest BCUT2D eigenvalue weighted by Gasteiger charge is 2.28. The van der Waals surface area contributed by atoms with E-state index in [-0.39, 0.29) is 0 Å². The van der Waals surface area contributed by atoms with Crippen molar-refractivity contribution in [1.82, 2.24) is 4.90 Å². The molecule has 90 valence electrons. The number of nitrogens with zero attached hydrogens (tertiary/aromatic N) is 1. The molecule has 1 heteroatoms. The van der Waals surface area contributed by atoms with Gasteiger partial charge in [0.2, 0.25) is 0 Å². The standard InChI is InChI=1S/C16H21N/c1-4-8-15-13(2)11-12-17(3)16(15)14-9-6-5-7-10-14/h4,6,8-10,16H,1-2,5,7,11-12H2,3H3/b15-8+. The molecule has 1 aliphatic heterocycles. The van der Waals surface area contributed by atoms with E-state index in [0.29, 0.717) is 6.04 Å². The van der Waals surface area contributed by atoms with Gasteiger partial charge in [-0.15, -0.1) is 0 Å². The SMILES string of the molecule is C=C/C=C1\C(=C)CCN(C)C1C1=CCCC=C1. The van der Waals surface area contributed by atoms with Gasteiger partial charge in [-0.25, -0.2) is 0 Å². The van der Waals surface area contributed by atoms with Crippen LogP contribution >= 0.6 is 0 Å². The van der Waals surface area contributed by atoms with Crippen molar-refractivity contribution in [2.75, 3.05) is 13.6 Å². The maximum Gasteiger partial charge on any atom is 0.0598 e. The second kappa shape index (κ2) is 5.33. The molecular weight excluding hydrogens is 206 g/mol. The predicted octanol–water partition coefficient (Wildman–Crippen LogP) is 3.64. The van der Waals surface area contributed by atoms with Gasteiger partial charge < -0.3 is 0 Å². The van der Waals surface area contributed by atoms with Crippen LogP contribution in [0, 0.1) is 0 Å². The summed E-state index contributed by atoms with van der Waals surface area (Å²) < 4.78 is 0. The van der Waals surface area contributed by atoms with Gasteiger partial charge in [0.1, 0.15) is 0 Å². The maximum atomic E-state index is 4.20. The van der Waals surface area contributed by atoms with E-state index in [2.05, 4.69) is 49.4 Å². The van der Waals surface area contributed by atoms with E-state index < -0.39 is 0 Å². The number of hydrogen-bond donors (Lipinski definition) is 0. The molecule has 2 aliphatic rings. The normalized spacial score (nSPS) is 28.3. The van der Waals surface area contributed by atoms with Gasteiger partial charge in [0.15, 0.2) is 0 Å². The predicted molar refractivity (Wildman–Crippen MR) is 74.9 cm³/mol. The van der Waals surface area contributed by atoms with Gasteiger partial charge in [-0.3, -0.25) is 4.90 Å². The van der Waals surface area contributed by atoms with E-state index in [9.17, 15) is 0 Å². The molecule has 0 aromatic carbocycles. The number of rotatable bonds is 2. The van der Waals surface area contributed by atoms with Crippen LogP contribution < -0.4 is 0 Å². The summed E-state index contributed by atoms with van der Waals surface area (Å²) in [7, 11) is 2.19. The molecule has 1 atom stereocenters. The summed E-state index contributed by atoms with van der Waals surface area (Å²) in [5.74, 6) is 0. The monoisotopic (exact) mass is 227 g/mol. The molecule has 1 fully saturated rings. The first-order chi connectivity index (χ1) is 8.24. The second-order valence-electron chi connectivity index (χ2n) is 4.78. The van der Waals surface area contributed by atoms with Crippen LogP contribution in [0.1, 0.15) is 19.3 Å². The lowest BCUT2D eigenvalue weighted by Crippen LogP contribution is -2.40. The Labute approximate surface area is 105 Å². The molecule has 0 saturated carbocycles. The van der Waals surface area contributed by atoms with Crippen LogP contribution in [-0.2, 0) is 0 Å². The fraction of sp³-hybridized carbons (Fsp3) is 0.375. The van der Waals surface area contributed by atoms with Crippen molar-refractivity contribution in [2.45, 2.75) is 25.3 Å².